The lowest BCUT2D eigenvalue weighted by molar-refractivity contribution is 0.813. The van der Waals surface area contributed by atoms with E-state index in [-0.39, 0.29) is 0 Å². The van der Waals surface area contributed by atoms with Crippen LogP contribution in [-0.2, 0) is 13.1 Å². The van der Waals surface area contributed by atoms with E-state index in [1.807, 2.05) is 7.05 Å². The van der Waals surface area contributed by atoms with Gasteiger partial charge in [-0.1, -0.05) is 50.1 Å². The van der Waals surface area contributed by atoms with Crippen molar-refractivity contribution in [1.29, 1.82) is 0 Å². The summed E-state index contributed by atoms with van der Waals surface area (Å²) in [5.74, 6) is 0. The summed E-state index contributed by atoms with van der Waals surface area (Å²) < 4.78 is 2.26. The molecule has 20 heavy (non-hydrogen) atoms. The molecule has 0 aliphatic carbocycles. The number of nitrogens with zero attached hydrogens (tertiary/aromatic N) is 1. The molecule has 0 radical (unpaired) electrons. The van der Waals surface area contributed by atoms with Crippen LogP contribution < -0.4 is 10.2 Å². The van der Waals surface area contributed by atoms with Crippen molar-refractivity contribution in [1.82, 2.24) is 5.32 Å². The first-order valence-corrected chi connectivity index (χ1v) is 8.07. The van der Waals surface area contributed by atoms with Gasteiger partial charge in [-0.15, -0.1) is 0 Å². The molecule has 0 aromatic heterocycles. The van der Waals surface area contributed by atoms with Gasteiger partial charge in [0.1, 0.15) is 0 Å². The Morgan fingerprint density at radius 2 is 1.75 bits per heavy atom. The van der Waals surface area contributed by atoms with Gasteiger partial charge in [0, 0.05) is 34.8 Å². The summed E-state index contributed by atoms with van der Waals surface area (Å²) in [7, 11) is 4.07. The van der Waals surface area contributed by atoms with Gasteiger partial charge >= 0.3 is 0 Å². The topological polar surface area (TPSA) is 15.3 Å². The molecular weight excluding hydrogens is 380 g/mol. The van der Waals surface area contributed by atoms with Crippen LogP contribution in [0.5, 0.6) is 0 Å². The van der Waals surface area contributed by atoms with Gasteiger partial charge in [0.05, 0.1) is 0 Å². The smallest absolute Gasteiger partial charge is 0.0426 e. The summed E-state index contributed by atoms with van der Waals surface area (Å²) in [6.45, 7) is 1.77. The molecule has 0 saturated heterocycles. The molecular formula is C16H18Br2N2. The second kappa shape index (κ2) is 7.25. The van der Waals surface area contributed by atoms with Gasteiger partial charge in [-0.25, -0.2) is 0 Å². The lowest BCUT2D eigenvalue weighted by Crippen LogP contribution is -2.16. The Balaban J connectivity index is 2.10. The minimum absolute atomic E-state index is 0.872. The van der Waals surface area contributed by atoms with E-state index in [0.29, 0.717) is 0 Å². The van der Waals surface area contributed by atoms with E-state index in [1.54, 1.807) is 0 Å². The SMILES string of the molecule is CNCc1ccc(N(C)Cc2ccc(Br)cc2)cc1Br. The van der Waals surface area contributed by atoms with Gasteiger partial charge in [0.2, 0.25) is 0 Å². The highest BCUT2D eigenvalue weighted by molar-refractivity contribution is 9.10. The maximum absolute atomic E-state index is 3.64. The molecule has 0 spiro atoms. The Labute approximate surface area is 137 Å². The van der Waals surface area contributed by atoms with Crippen LogP contribution in [0.2, 0.25) is 0 Å². The molecule has 0 heterocycles. The third-order valence-corrected chi connectivity index (χ3v) is 4.44. The van der Waals surface area contributed by atoms with Crippen molar-refractivity contribution in [2.24, 2.45) is 0 Å². The summed E-state index contributed by atoms with van der Waals surface area (Å²) in [6, 6.07) is 14.9. The number of rotatable bonds is 5. The molecule has 0 unspecified atom stereocenters. The molecule has 2 nitrogen and oxygen atoms in total. The first kappa shape index (κ1) is 15.5. The minimum Gasteiger partial charge on any atom is -0.370 e. The Kier molecular flexibility index (Phi) is 5.64. The lowest BCUT2D eigenvalue weighted by Gasteiger charge is -2.20. The van der Waals surface area contributed by atoms with Crippen molar-refractivity contribution in [2.45, 2.75) is 13.1 Å². The number of halogens is 2. The Hall–Kier alpha value is -0.840. The molecule has 0 fully saturated rings. The molecule has 106 valence electrons. The molecule has 1 N–H and O–H groups in total. The molecule has 0 amide bonds. The van der Waals surface area contributed by atoms with E-state index in [2.05, 4.69) is 91.6 Å². The molecule has 0 aliphatic heterocycles. The van der Waals surface area contributed by atoms with E-state index < -0.39 is 0 Å². The highest BCUT2D eigenvalue weighted by atomic mass is 79.9. The zero-order chi connectivity index (χ0) is 14.5. The van der Waals surface area contributed by atoms with Crippen molar-refractivity contribution >= 4 is 37.5 Å². The number of hydrogen-bond acceptors (Lipinski definition) is 2. The first-order chi connectivity index (χ1) is 9.60. The van der Waals surface area contributed by atoms with Crippen LogP contribution in [0.1, 0.15) is 11.1 Å². The van der Waals surface area contributed by atoms with Crippen LogP contribution in [0.25, 0.3) is 0 Å². The largest absolute Gasteiger partial charge is 0.370 e. The van der Waals surface area contributed by atoms with Gasteiger partial charge in [-0.3, -0.25) is 0 Å². The van der Waals surface area contributed by atoms with Crippen molar-refractivity contribution in [3.05, 3.63) is 62.5 Å². The average Bonchev–Trinajstić information content (AvgIpc) is 2.44. The predicted octanol–water partition coefficient (Wildman–Crippen LogP) is 4.57. The summed E-state index contributed by atoms with van der Waals surface area (Å²) in [4.78, 5) is 2.25. The maximum atomic E-state index is 3.64. The maximum Gasteiger partial charge on any atom is 0.0426 e. The summed E-state index contributed by atoms with van der Waals surface area (Å²) in [5.41, 5.74) is 3.78. The zero-order valence-electron chi connectivity index (χ0n) is 11.7. The van der Waals surface area contributed by atoms with Gasteiger partial charge in [0.25, 0.3) is 0 Å². The van der Waals surface area contributed by atoms with E-state index in [0.717, 1.165) is 22.0 Å². The van der Waals surface area contributed by atoms with E-state index >= 15 is 0 Å². The number of nitrogens with one attached hydrogen (secondary N) is 1. The molecule has 2 aromatic rings. The van der Waals surface area contributed by atoms with Crippen molar-refractivity contribution in [3.63, 3.8) is 0 Å². The molecule has 4 heteroatoms. The fourth-order valence-electron chi connectivity index (χ4n) is 2.06. The Morgan fingerprint density at radius 1 is 1.05 bits per heavy atom. The molecule has 0 saturated carbocycles. The van der Waals surface area contributed by atoms with Crippen LogP contribution in [-0.4, -0.2) is 14.1 Å². The summed E-state index contributed by atoms with van der Waals surface area (Å²) in [5, 5.41) is 3.17. The fourth-order valence-corrected chi connectivity index (χ4v) is 2.83. The molecule has 0 bridgehead atoms. The Bertz CT molecular complexity index is 567. The highest BCUT2D eigenvalue weighted by Crippen LogP contribution is 2.24. The van der Waals surface area contributed by atoms with Crippen LogP contribution >= 0.6 is 31.9 Å². The lowest BCUT2D eigenvalue weighted by atomic mass is 10.1. The standard InChI is InChI=1S/C16H18Br2N2/c1-19-10-13-5-8-15(9-16(13)18)20(2)11-12-3-6-14(17)7-4-12/h3-9,19H,10-11H2,1-2H3. The van der Waals surface area contributed by atoms with Gasteiger partial charge < -0.3 is 10.2 Å². The second-order valence-corrected chi connectivity index (χ2v) is 6.56. The molecule has 0 atom stereocenters. The van der Waals surface area contributed by atoms with Gasteiger partial charge in [-0.2, -0.15) is 0 Å². The molecule has 2 aromatic carbocycles. The molecule has 0 aliphatic rings. The van der Waals surface area contributed by atoms with E-state index in [9.17, 15) is 0 Å². The number of hydrogen-bond donors (Lipinski definition) is 1. The van der Waals surface area contributed by atoms with Gasteiger partial charge in [-0.05, 0) is 42.4 Å². The summed E-state index contributed by atoms with van der Waals surface area (Å²) in [6.07, 6.45) is 0. The average molecular weight is 398 g/mol. The van der Waals surface area contributed by atoms with Crippen molar-refractivity contribution in [2.75, 3.05) is 19.0 Å². The Morgan fingerprint density at radius 3 is 2.35 bits per heavy atom. The third kappa shape index (κ3) is 4.08. The number of anilines is 1. The predicted molar refractivity (Wildman–Crippen MR) is 93.2 cm³/mol. The van der Waals surface area contributed by atoms with Crippen LogP contribution in [0.15, 0.2) is 51.4 Å². The summed E-state index contributed by atoms with van der Waals surface area (Å²) >= 11 is 7.10. The quantitative estimate of drug-likeness (QED) is 0.794. The monoisotopic (exact) mass is 396 g/mol. The highest BCUT2D eigenvalue weighted by Gasteiger charge is 2.05. The van der Waals surface area contributed by atoms with Crippen LogP contribution in [0.3, 0.4) is 0 Å². The van der Waals surface area contributed by atoms with E-state index in [4.69, 9.17) is 0 Å². The third-order valence-electron chi connectivity index (χ3n) is 3.18. The fraction of sp³-hybridized carbons (Fsp3) is 0.250. The minimum atomic E-state index is 0.872. The van der Waals surface area contributed by atoms with Crippen molar-refractivity contribution < 1.29 is 0 Å². The molecule has 2 rings (SSSR count). The first-order valence-electron chi connectivity index (χ1n) is 6.49. The van der Waals surface area contributed by atoms with Crippen molar-refractivity contribution in [3.8, 4) is 0 Å². The van der Waals surface area contributed by atoms with Crippen LogP contribution in [0.4, 0.5) is 5.69 Å². The zero-order valence-corrected chi connectivity index (χ0v) is 14.8. The second-order valence-electron chi connectivity index (χ2n) is 4.79. The van der Waals surface area contributed by atoms with Crippen LogP contribution in [0, 0.1) is 0 Å². The van der Waals surface area contributed by atoms with E-state index in [1.165, 1.54) is 16.8 Å². The number of benzene rings is 2. The van der Waals surface area contributed by atoms with Gasteiger partial charge in [0.15, 0.2) is 0 Å². The normalized spacial score (nSPS) is 10.6.